The van der Waals surface area contributed by atoms with Crippen LogP contribution in [0, 0.1) is 52.2 Å². The number of allylic oxidation sites excluding steroid dienone is 2. The summed E-state index contributed by atoms with van der Waals surface area (Å²) in [5.41, 5.74) is 5.40. The predicted octanol–water partition coefficient (Wildman–Crippen LogP) is 2.03. The molecular weight excluding hydrogens is 292 g/mol. The molecule has 1 aromatic heterocycles. The van der Waals surface area contributed by atoms with Crippen molar-refractivity contribution in [3.05, 3.63) is 46.6 Å². The van der Waals surface area contributed by atoms with E-state index >= 15 is 0 Å². The molecule has 6 nitrogen and oxygen atoms in total. The van der Waals surface area contributed by atoms with Crippen molar-refractivity contribution < 1.29 is 9.15 Å². The van der Waals surface area contributed by atoms with E-state index in [-0.39, 0.29) is 17.2 Å². The number of nitriles is 3. The van der Waals surface area contributed by atoms with Gasteiger partial charge in [-0.3, -0.25) is 0 Å². The summed E-state index contributed by atoms with van der Waals surface area (Å²) in [7, 11) is 0. The number of fused-ring (bicyclic) bond motifs is 1. The van der Waals surface area contributed by atoms with Crippen LogP contribution in [0.2, 0.25) is 0 Å². The van der Waals surface area contributed by atoms with Gasteiger partial charge in [-0.25, -0.2) is 0 Å². The van der Waals surface area contributed by atoms with Crippen molar-refractivity contribution in [2.75, 3.05) is 13.2 Å². The van der Waals surface area contributed by atoms with Crippen LogP contribution >= 0.6 is 0 Å². The van der Waals surface area contributed by atoms with Crippen molar-refractivity contribution in [2.45, 2.75) is 12.8 Å². The van der Waals surface area contributed by atoms with Crippen LogP contribution in [0.1, 0.15) is 17.4 Å². The van der Waals surface area contributed by atoms with Crippen molar-refractivity contribution in [3.8, 4) is 18.2 Å². The van der Waals surface area contributed by atoms with Crippen LogP contribution in [0.15, 0.2) is 39.5 Å². The Morgan fingerprint density at radius 1 is 1.26 bits per heavy atom. The highest BCUT2D eigenvalue weighted by Crippen LogP contribution is 2.54. The molecule has 1 unspecified atom stereocenters. The third-order valence-corrected chi connectivity index (χ3v) is 4.50. The molecular formula is C17H14N4O2. The summed E-state index contributed by atoms with van der Waals surface area (Å²) in [6.45, 7) is 2.47. The highest BCUT2D eigenvalue weighted by molar-refractivity contribution is 5.58. The van der Waals surface area contributed by atoms with Crippen molar-refractivity contribution in [2.24, 2.45) is 17.1 Å². The zero-order valence-electron chi connectivity index (χ0n) is 12.5. The van der Waals surface area contributed by atoms with Gasteiger partial charge in [0.1, 0.15) is 17.6 Å². The summed E-state index contributed by atoms with van der Waals surface area (Å²) in [5, 5.41) is 29.0. The van der Waals surface area contributed by atoms with Gasteiger partial charge in [-0.2, -0.15) is 15.8 Å². The molecule has 0 radical (unpaired) electrons. The second-order valence-corrected chi connectivity index (χ2v) is 5.66. The molecule has 2 atom stereocenters. The van der Waals surface area contributed by atoms with E-state index in [1.54, 1.807) is 25.1 Å². The van der Waals surface area contributed by atoms with Crippen LogP contribution in [-0.2, 0) is 4.74 Å². The highest BCUT2D eigenvalue weighted by Gasteiger charge is 2.55. The maximum Gasteiger partial charge on any atom is 0.194 e. The third-order valence-electron chi connectivity index (χ3n) is 4.50. The first-order valence-corrected chi connectivity index (χ1v) is 7.16. The number of furan rings is 1. The van der Waals surface area contributed by atoms with Crippen LogP contribution in [-0.4, -0.2) is 13.2 Å². The zero-order chi connectivity index (χ0) is 16.6. The Bertz CT molecular complexity index is 827. The molecule has 23 heavy (non-hydrogen) atoms. The van der Waals surface area contributed by atoms with Gasteiger partial charge in [-0.1, -0.05) is 6.08 Å². The van der Waals surface area contributed by atoms with Gasteiger partial charge in [0.05, 0.1) is 42.5 Å². The summed E-state index contributed by atoms with van der Waals surface area (Å²) in [6, 6.07) is 9.65. The molecule has 2 N–H and O–H groups in total. The van der Waals surface area contributed by atoms with Crippen molar-refractivity contribution in [3.63, 3.8) is 0 Å². The lowest BCUT2D eigenvalue weighted by Crippen LogP contribution is -2.44. The van der Waals surface area contributed by atoms with E-state index in [0.717, 1.165) is 5.57 Å². The smallest absolute Gasteiger partial charge is 0.194 e. The molecule has 2 heterocycles. The second-order valence-electron chi connectivity index (χ2n) is 5.66. The summed E-state index contributed by atoms with van der Waals surface area (Å²) < 4.78 is 11.2. The Morgan fingerprint density at radius 2 is 2.00 bits per heavy atom. The van der Waals surface area contributed by atoms with E-state index in [2.05, 4.69) is 6.07 Å². The molecule has 0 bridgehead atoms. The number of hydrogen-bond acceptors (Lipinski definition) is 6. The Labute approximate surface area is 133 Å². The first kappa shape index (κ1) is 14.9. The number of aryl methyl sites for hydroxylation is 1. The largest absolute Gasteiger partial charge is 0.466 e. The summed E-state index contributed by atoms with van der Waals surface area (Å²) in [4.78, 5) is 0. The number of ether oxygens (including phenoxy) is 1. The van der Waals surface area contributed by atoms with Crippen LogP contribution < -0.4 is 5.73 Å². The quantitative estimate of drug-likeness (QED) is 0.847. The van der Waals surface area contributed by atoms with E-state index in [9.17, 15) is 15.8 Å². The zero-order valence-corrected chi connectivity index (χ0v) is 12.5. The molecule has 1 aliphatic carbocycles. The second kappa shape index (κ2) is 5.32. The van der Waals surface area contributed by atoms with Gasteiger partial charge in [-0.15, -0.1) is 0 Å². The van der Waals surface area contributed by atoms with Gasteiger partial charge in [-0.05, 0) is 24.6 Å². The molecule has 0 saturated carbocycles. The SMILES string of the molecule is Cc1ccc([C@H]2C3COCC=C3C(C#N)=C(N)C2(C#N)C#N)o1. The molecule has 1 aliphatic heterocycles. The lowest BCUT2D eigenvalue weighted by atomic mass is 9.60. The first-order valence-electron chi connectivity index (χ1n) is 7.16. The molecule has 0 aromatic carbocycles. The molecule has 0 spiro atoms. The molecule has 0 saturated heterocycles. The van der Waals surface area contributed by atoms with Crippen LogP contribution in [0.25, 0.3) is 0 Å². The van der Waals surface area contributed by atoms with Crippen LogP contribution in [0.5, 0.6) is 0 Å². The normalized spacial score (nSPS) is 25.6. The molecule has 3 rings (SSSR count). The Balaban J connectivity index is 2.33. The van der Waals surface area contributed by atoms with E-state index in [1.807, 2.05) is 12.1 Å². The number of hydrogen-bond donors (Lipinski definition) is 1. The van der Waals surface area contributed by atoms with Crippen LogP contribution in [0.3, 0.4) is 0 Å². The van der Waals surface area contributed by atoms with E-state index < -0.39 is 11.3 Å². The maximum absolute atomic E-state index is 9.76. The molecule has 0 fully saturated rings. The molecule has 0 amide bonds. The van der Waals surface area contributed by atoms with E-state index in [1.165, 1.54) is 0 Å². The van der Waals surface area contributed by atoms with Crippen molar-refractivity contribution in [1.82, 2.24) is 0 Å². The Kier molecular flexibility index (Phi) is 3.45. The Morgan fingerprint density at radius 3 is 2.57 bits per heavy atom. The van der Waals surface area contributed by atoms with Crippen molar-refractivity contribution in [1.29, 1.82) is 15.8 Å². The number of rotatable bonds is 1. The Hall–Kier alpha value is -3.01. The minimum Gasteiger partial charge on any atom is -0.466 e. The molecule has 1 aromatic rings. The van der Waals surface area contributed by atoms with E-state index in [0.29, 0.717) is 24.7 Å². The summed E-state index contributed by atoms with van der Waals surface area (Å²) >= 11 is 0. The fourth-order valence-electron chi connectivity index (χ4n) is 3.41. The van der Waals surface area contributed by atoms with E-state index in [4.69, 9.17) is 14.9 Å². The maximum atomic E-state index is 9.76. The summed E-state index contributed by atoms with van der Waals surface area (Å²) in [6.07, 6.45) is 1.79. The summed E-state index contributed by atoms with van der Waals surface area (Å²) in [5.74, 6) is 0.248. The number of nitrogens with two attached hydrogens (primary N) is 1. The van der Waals surface area contributed by atoms with Gasteiger partial charge >= 0.3 is 0 Å². The topological polar surface area (TPSA) is 120 Å². The lowest BCUT2D eigenvalue weighted by molar-refractivity contribution is 0.0927. The molecule has 114 valence electrons. The fraction of sp³-hybridized carbons (Fsp3) is 0.353. The fourth-order valence-corrected chi connectivity index (χ4v) is 3.41. The van der Waals surface area contributed by atoms with Crippen molar-refractivity contribution >= 4 is 0 Å². The first-order chi connectivity index (χ1) is 11.1. The third kappa shape index (κ3) is 1.95. The van der Waals surface area contributed by atoms with Gasteiger partial charge < -0.3 is 14.9 Å². The lowest BCUT2D eigenvalue weighted by Gasteiger charge is -2.41. The molecule has 6 heteroatoms. The highest BCUT2D eigenvalue weighted by atomic mass is 16.5. The van der Waals surface area contributed by atoms with Gasteiger partial charge in [0, 0.05) is 5.92 Å². The monoisotopic (exact) mass is 306 g/mol. The van der Waals surface area contributed by atoms with Gasteiger partial charge in [0.15, 0.2) is 5.41 Å². The minimum absolute atomic E-state index is 0.00606. The standard InChI is InChI=1S/C17H14N4O2/c1-10-2-3-14(23-10)15-13-7-22-5-4-11(13)12(6-18)16(21)17(15,8-19)9-20/h2-4,13,15H,5,7,21H2,1H3/t13?,15-/m1/s1. The predicted molar refractivity (Wildman–Crippen MR) is 79.1 cm³/mol. The molecule has 2 aliphatic rings. The van der Waals surface area contributed by atoms with Gasteiger partial charge in [0.2, 0.25) is 0 Å². The number of nitrogens with zero attached hydrogens (tertiary/aromatic N) is 3. The average molecular weight is 306 g/mol. The average Bonchev–Trinajstić information content (AvgIpc) is 3.00. The minimum atomic E-state index is -1.65. The van der Waals surface area contributed by atoms with Gasteiger partial charge in [0.25, 0.3) is 0 Å². The van der Waals surface area contributed by atoms with Crippen LogP contribution in [0.4, 0.5) is 0 Å².